The summed E-state index contributed by atoms with van der Waals surface area (Å²) in [6.45, 7) is 0.684. The van der Waals surface area contributed by atoms with Gasteiger partial charge in [0.1, 0.15) is 0 Å². The van der Waals surface area contributed by atoms with Crippen molar-refractivity contribution in [1.29, 1.82) is 0 Å². The number of benzene rings is 1. The highest BCUT2D eigenvalue weighted by atomic mass is 35.5. The molecule has 1 heterocycles. The highest BCUT2D eigenvalue weighted by molar-refractivity contribution is 6.30. The fraction of sp³-hybridized carbons (Fsp3) is 0.385. The molecule has 4 nitrogen and oxygen atoms in total. The van der Waals surface area contributed by atoms with E-state index < -0.39 is 0 Å². The lowest BCUT2D eigenvalue weighted by Gasteiger charge is -1.97. The molecular formula is C13H14ClN3O. The molecule has 0 radical (unpaired) electrons. The van der Waals surface area contributed by atoms with Crippen molar-refractivity contribution in [2.75, 3.05) is 0 Å². The maximum absolute atomic E-state index is 5.93. The third-order valence-corrected chi connectivity index (χ3v) is 3.12. The molecule has 0 saturated heterocycles. The fourth-order valence-corrected chi connectivity index (χ4v) is 1.99. The van der Waals surface area contributed by atoms with Crippen LogP contribution in [-0.2, 0) is 13.0 Å². The van der Waals surface area contributed by atoms with Crippen LogP contribution in [0.4, 0.5) is 0 Å². The molecule has 2 aromatic rings. The molecule has 1 aliphatic rings. The Morgan fingerprint density at radius 2 is 2.28 bits per heavy atom. The summed E-state index contributed by atoms with van der Waals surface area (Å²) in [4.78, 5) is 4.35. The van der Waals surface area contributed by atoms with Gasteiger partial charge in [0.2, 0.25) is 5.89 Å². The van der Waals surface area contributed by atoms with E-state index in [1.807, 2.05) is 24.3 Å². The van der Waals surface area contributed by atoms with E-state index in [9.17, 15) is 0 Å². The quantitative estimate of drug-likeness (QED) is 0.901. The Kier molecular flexibility index (Phi) is 3.30. The van der Waals surface area contributed by atoms with E-state index in [0.29, 0.717) is 24.9 Å². The Labute approximate surface area is 110 Å². The zero-order valence-corrected chi connectivity index (χ0v) is 10.7. The van der Waals surface area contributed by atoms with Crippen LogP contribution in [0.3, 0.4) is 0 Å². The summed E-state index contributed by atoms with van der Waals surface area (Å²) < 4.78 is 5.22. The smallest absolute Gasteiger partial charge is 0.231 e. The number of hydrogen-bond acceptors (Lipinski definition) is 4. The summed E-state index contributed by atoms with van der Waals surface area (Å²) in [5.41, 5.74) is 1.08. The topological polar surface area (TPSA) is 51.0 Å². The minimum absolute atomic E-state index is 0.622. The number of aromatic nitrogens is 2. The van der Waals surface area contributed by atoms with Crippen LogP contribution in [0.5, 0.6) is 0 Å². The van der Waals surface area contributed by atoms with E-state index in [0.717, 1.165) is 16.4 Å². The lowest BCUT2D eigenvalue weighted by Crippen LogP contribution is -2.16. The van der Waals surface area contributed by atoms with E-state index >= 15 is 0 Å². The molecule has 0 amide bonds. The van der Waals surface area contributed by atoms with Gasteiger partial charge in [-0.3, -0.25) is 0 Å². The normalized spacial score (nSPS) is 14.9. The van der Waals surface area contributed by atoms with Crippen LogP contribution in [0.15, 0.2) is 28.8 Å². The molecule has 0 bridgehead atoms. The Morgan fingerprint density at radius 1 is 1.39 bits per heavy atom. The SMILES string of the molecule is Clc1cccc(Cc2nc(CNC3CC3)no2)c1. The number of halogens is 1. The third-order valence-electron chi connectivity index (χ3n) is 2.88. The predicted octanol–water partition coefficient (Wildman–Crippen LogP) is 2.57. The largest absolute Gasteiger partial charge is 0.339 e. The minimum atomic E-state index is 0.622. The molecule has 1 saturated carbocycles. The fourth-order valence-electron chi connectivity index (χ4n) is 1.78. The first kappa shape index (κ1) is 11.7. The van der Waals surface area contributed by atoms with Gasteiger partial charge in [-0.05, 0) is 30.5 Å². The van der Waals surface area contributed by atoms with Gasteiger partial charge in [0.15, 0.2) is 5.82 Å². The van der Waals surface area contributed by atoms with E-state index in [-0.39, 0.29) is 0 Å². The maximum atomic E-state index is 5.93. The summed E-state index contributed by atoms with van der Waals surface area (Å²) >= 11 is 5.93. The average molecular weight is 264 g/mol. The van der Waals surface area contributed by atoms with Crippen molar-refractivity contribution in [1.82, 2.24) is 15.5 Å². The summed E-state index contributed by atoms with van der Waals surface area (Å²) in [6.07, 6.45) is 3.14. The lowest BCUT2D eigenvalue weighted by molar-refractivity contribution is 0.377. The zero-order chi connectivity index (χ0) is 12.4. The van der Waals surface area contributed by atoms with Gasteiger partial charge in [-0.1, -0.05) is 28.9 Å². The van der Waals surface area contributed by atoms with Crippen LogP contribution in [0.25, 0.3) is 0 Å². The number of nitrogens with one attached hydrogen (secondary N) is 1. The summed E-state index contributed by atoms with van der Waals surface area (Å²) in [6, 6.07) is 8.33. The molecule has 1 N–H and O–H groups in total. The molecule has 0 unspecified atom stereocenters. The molecule has 18 heavy (non-hydrogen) atoms. The number of nitrogens with zero attached hydrogens (tertiary/aromatic N) is 2. The van der Waals surface area contributed by atoms with Crippen LogP contribution >= 0.6 is 11.6 Å². The van der Waals surface area contributed by atoms with E-state index in [4.69, 9.17) is 16.1 Å². The van der Waals surface area contributed by atoms with Crippen molar-refractivity contribution in [3.05, 3.63) is 46.6 Å². The van der Waals surface area contributed by atoms with Crippen molar-refractivity contribution in [2.24, 2.45) is 0 Å². The molecule has 5 heteroatoms. The van der Waals surface area contributed by atoms with E-state index in [2.05, 4.69) is 15.5 Å². The van der Waals surface area contributed by atoms with Gasteiger partial charge in [0.05, 0.1) is 13.0 Å². The van der Waals surface area contributed by atoms with Crippen molar-refractivity contribution in [3.8, 4) is 0 Å². The molecule has 0 spiro atoms. The van der Waals surface area contributed by atoms with Crippen LogP contribution in [0, 0.1) is 0 Å². The molecule has 94 valence electrons. The van der Waals surface area contributed by atoms with Crippen molar-refractivity contribution in [3.63, 3.8) is 0 Å². The molecule has 0 atom stereocenters. The minimum Gasteiger partial charge on any atom is -0.339 e. The first-order chi connectivity index (χ1) is 8.79. The van der Waals surface area contributed by atoms with Gasteiger partial charge in [0, 0.05) is 11.1 Å². The summed E-state index contributed by atoms with van der Waals surface area (Å²) in [5.74, 6) is 1.35. The highest BCUT2D eigenvalue weighted by Crippen LogP contribution is 2.19. The van der Waals surface area contributed by atoms with Gasteiger partial charge < -0.3 is 9.84 Å². The first-order valence-corrected chi connectivity index (χ1v) is 6.47. The third kappa shape index (κ3) is 3.09. The van der Waals surface area contributed by atoms with Crippen molar-refractivity contribution in [2.45, 2.75) is 31.8 Å². The number of rotatable bonds is 5. The monoisotopic (exact) mass is 263 g/mol. The van der Waals surface area contributed by atoms with Crippen LogP contribution in [0.2, 0.25) is 5.02 Å². The second-order valence-corrected chi connectivity index (χ2v) is 5.00. The molecule has 0 aliphatic heterocycles. The van der Waals surface area contributed by atoms with Gasteiger partial charge in [-0.2, -0.15) is 4.98 Å². The van der Waals surface area contributed by atoms with E-state index in [1.54, 1.807) is 0 Å². The molecule has 1 aromatic carbocycles. The Hall–Kier alpha value is -1.39. The second-order valence-electron chi connectivity index (χ2n) is 4.57. The Balaban J connectivity index is 1.61. The summed E-state index contributed by atoms with van der Waals surface area (Å²) in [7, 11) is 0. The van der Waals surface area contributed by atoms with Crippen LogP contribution in [0.1, 0.15) is 30.1 Å². The number of hydrogen-bond donors (Lipinski definition) is 1. The van der Waals surface area contributed by atoms with Crippen LogP contribution in [-0.4, -0.2) is 16.2 Å². The zero-order valence-electron chi connectivity index (χ0n) is 9.90. The van der Waals surface area contributed by atoms with E-state index in [1.165, 1.54) is 12.8 Å². The average Bonchev–Trinajstić information content (AvgIpc) is 3.08. The standard InChI is InChI=1S/C13H14ClN3O/c14-10-3-1-2-9(6-10)7-13-16-12(17-18-13)8-15-11-4-5-11/h1-3,6,11,15H,4-5,7-8H2. The summed E-state index contributed by atoms with van der Waals surface area (Å²) in [5, 5.41) is 8.03. The van der Waals surface area contributed by atoms with Crippen molar-refractivity contribution >= 4 is 11.6 Å². The van der Waals surface area contributed by atoms with Gasteiger partial charge >= 0.3 is 0 Å². The first-order valence-electron chi connectivity index (χ1n) is 6.09. The van der Waals surface area contributed by atoms with Crippen LogP contribution < -0.4 is 5.32 Å². The van der Waals surface area contributed by atoms with Gasteiger partial charge in [-0.15, -0.1) is 0 Å². The molecule has 1 aliphatic carbocycles. The second kappa shape index (κ2) is 5.08. The molecule has 3 rings (SSSR count). The van der Waals surface area contributed by atoms with Gasteiger partial charge in [0.25, 0.3) is 0 Å². The lowest BCUT2D eigenvalue weighted by atomic mass is 10.1. The highest BCUT2D eigenvalue weighted by Gasteiger charge is 2.21. The molecule has 1 aromatic heterocycles. The predicted molar refractivity (Wildman–Crippen MR) is 68.4 cm³/mol. The Morgan fingerprint density at radius 3 is 3.06 bits per heavy atom. The molecule has 1 fully saturated rings. The maximum Gasteiger partial charge on any atom is 0.231 e. The van der Waals surface area contributed by atoms with Gasteiger partial charge in [-0.25, -0.2) is 0 Å². The van der Waals surface area contributed by atoms with Crippen molar-refractivity contribution < 1.29 is 4.52 Å². The molecular weight excluding hydrogens is 250 g/mol. The Bertz CT molecular complexity index is 537.